The first kappa shape index (κ1) is 25.1. The molecule has 2 aliphatic rings. The van der Waals surface area contributed by atoms with Gasteiger partial charge in [0.1, 0.15) is 4.88 Å². The Morgan fingerprint density at radius 1 is 1.16 bits per heavy atom. The van der Waals surface area contributed by atoms with Gasteiger partial charge >= 0.3 is 6.18 Å². The zero-order valence-electron chi connectivity index (χ0n) is 20.2. The summed E-state index contributed by atoms with van der Waals surface area (Å²) in [7, 11) is 1.24. The smallest absolute Gasteiger partial charge is 0.435 e. The van der Waals surface area contributed by atoms with E-state index in [1.807, 2.05) is 40.9 Å². The van der Waals surface area contributed by atoms with Crippen LogP contribution in [-0.2, 0) is 12.7 Å². The molecule has 1 aromatic carbocycles. The molecular formula is C25H22ClF3N6O2S. The van der Waals surface area contributed by atoms with E-state index in [2.05, 4.69) is 14.9 Å². The fraction of sp³-hybridized carbons (Fsp3) is 0.360. The number of aromatic nitrogens is 4. The largest absolute Gasteiger partial charge is 0.473 e. The Kier molecular flexibility index (Phi) is 6.28. The molecule has 0 N–H and O–H groups in total. The average molecular weight is 563 g/mol. The maximum Gasteiger partial charge on any atom is 0.435 e. The summed E-state index contributed by atoms with van der Waals surface area (Å²) in [5.74, 6) is -0.0609. The molecule has 198 valence electrons. The van der Waals surface area contributed by atoms with E-state index >= 15 is 0 Å². The summed E-state index contributed by atoms with van der Waals surface area (Å²) in [6.45, 7) is 1.61. The van der Waals surface area contributed by atoms with Crippen LogP contribution in [0.3, 0.4) is 0 Å². The number of amides is 1. The van der Waals surface area contributed by atoms with Gasteiger partial charge in [0.2, 0.25) is 5.78 Å². The Morgan fingerprint density at radius 2 is 1.87 bits per heavy atom. The first-order chi connectivity index (χ1) is 18.2. The molecule has 8 nitrogen and oxygen atoms in total. The van der Waals surface area contributed by atoms with Crippen molar-refractivity contribution in [1.82, 2.24) is 29.2 Å². The van der Waals surface area contributed by atoms with E-state index in [-0.39, 0.29) is 17.3 Å². The van der Waals surface area contributed by atoms with Crippen LogP contribution in [0.1, 0.15) is 33.9 Å². The van der Waals surface area contributed by atoms with E-state index in [0.717, 1.165) is 29.8 Å². The van der Waals surface area contributed by atoms with Crippen molar-refractivity contribution in [2.75, 3.05) is 20.2 Å². The highest BCUT2D eigenvalue weighted by molar-refractivity contribution is 7.15. The molecule has 2 saturated heterocycles. The van der Waals surface area contributed by atoms with Gasteiger partial charge in [-0.25, -0.2) is 9.97 Å². The first-order valence-electron chi connectivity index (χ1n) is 12.0. The van der Waals surface area contributed by atoms with Crippen molar-refractivity contribution in [1.29, 1.82) is 0 Å². The topological polar surface area (TPSA) is 75.9 Å². The molecule has 3 aromatic heterocycles. The third-order valence-corrected chi connectivity index (χ3v) is 8.29. The Labute approximate surface area is 224 Å². The van der Waals surface area contributed by atoms with Crippen molar-refractivity contribution in [3.05, 3.63) is 64.0 Å². The summed E-state index contributed by atoms with van der Waals surface area (Å²) in [6.07, 6.45) is 0.306. The standard InChI is InChI=1S/C25H22ClF3N6O2S/c1-37-24-32-21(25(27,28)29)20(38-24)22(36)35-16-7-8-17(35)12-33(11-16)13-18-19(14-3-5-15(26)6-4-14)31-23-30-9-2-10-34(18)23/h2-6,9-10,16-17H,7-8,11-13H2,1H3. The van der Waals surface area contributed by atoms with Gasteiger partial charge < -0.3 is 9.64 Å². The van der Waals surface area contributed by atoms with Crippen LogP contribution in [0.5, 0.6) is 5.19 Å². The van der Waals surface area contributed by atoms with Crippen LogP contribution in [0.15, 0.2) is 42.7 Å². The van der Waals surface area contributed by atoms with Crippen LogP contribution in [0.2, 0.25) is 5.02 Å². The molecule has 2 bridgehead atoms. The number of carbonyl (C=O) groups excluding carboxylic acids is 1. The molecule has 2 atom stereocenters. The fourth-order valence-corrected chi connectivity index (χ4v) is 6.40. The van der Waals surface area contributed by atoms with Crippen LogP contribution in [0.4, 0.5) is 13.2 Å². The highest BCUT2D eigenvalue weighted by atomic mass is 35.5. The van der Waals surface area contributed by atoms with Crippen molar-refractivity contribution in [3.8, 4) is 16.5 Å². The lowest BCUT2D eigenvalue weighted by Gasteiger charge is -2.41. The predicted octanol–water partition coefficient (Wildman–Crippen LogP) is 5.02. The third kappa shape index (κ3) is 4.40. The molecule has 0 saturated carbocycles. The number of likely N-dealkylation sites (tertiary alicyclic amines) is 1. The Bertz CT molecular complexity index is 1490. The van der Waals surface area contributed by atoms with E-state index < -0.39 is 22.7 Å². The van der Waals surface area contributed by atoms with Gasteiger partial charge in [0, 0.05) is 54.7 Å². The summed E-state index contributed by atoms with van der Waals surface area (Å²) in [5, 5.41) is 0.449. The van der Waals surface area contributed by atoms with Gasteiger partial charge in [-0.3, -0.25) is 14.1 Å². The number of alkyl halides is 3. The lowest BCUT2D eigenvalue weighted by molar-refractivity contribution is -0.141. The number of hydrogen-bond donors (Lipinski definition) is 0. The lowest BCUT2D eigenvalue weighted by atomic mass is 10.1. The van der Waals surface area contributed by atoms with Gasteiger partial charge in [0.05, 0.1) is 18.5 Å². The highest BCUT2D eigenvalue weighted by Gasteiger charge is 2.47. The van der Waals surface area contributed by atoms with Crippen LogP contribution in [-0.4, -0.2) is 67.3 Å². The van der Waals surface area contributed by atoms with Gasteiger partial charge in [0.15, 0.2) is 5.69 Å². The number of imidazole rings is 1. The zero-order valence-corrected chi connectivity index (χ0v) is 21.7. The van der Waals surface area contributed by atoms with Crippen molar-refractivity contribution in [2.24, 2.45) is 0 Å². The minimum Gasteiger partial charge on any atom is -0.473 e. The minimum absolute atomic E-state index is 0.178. The van der Waals surface area contributed by atoms with E-state index in [1.54, 1.807) is 11.1 Å². The SMILES string of the molecule is COc1nc(C(F)(F)F)c(C(=O)N2C3CCC2CN(Cc2c(-c4ccc(Cl)cc4)nc4ncccn24)C3)s1. The van der Waals surface area contributed by atoms with Crippen LogP contribution < -0.4 is 4.74 Å². The number of benzene rings is 1. The molecule has 4 aromatic rings. The Hall–Kier alpha value is -3.22. The molecule has 0 spiro atoms. The molecule has 0 aliphatic carbocycles. The molecule has 2 unspecified atom stereocenters. The number of carbonyl (C=O) groups is 1. The normalized spacial score (nSPS) is 19.9. The summed E-state index contributed by atoms with van der Waals surface area (Å²) in [6, 6.07) is 8.88. The first-order valence-corrected chi connectivity index (χ1v) is 13.2. The molecule has 38 heavy (non-hydrogen) atoms. The second-order valence-electron chi connectivity index (χ2n) is 9.35. The number of nitrogens with zero attached hydrogens (tertiary/aromatic N) is 6. The van der Waals surface area contributed by atoms with E-state index in [4.69, 9.17) is 21.3 Å². The quantitative estimate of drug-likeness (QED) is 0.340. The van der Waals surface area contributed by atoms with Gasteiger partial charge in [-0.15, -0.1) is 0 Å². The molecule has 0 radical (unpaired) electrons. The van der Waals surface area contributed by atoms with Crippen LogP contribution in [0, 0.1) is 0 Å². The fourth-order valence-electron chi connectivity index (χ4n) is 5.43. The predicted molar refractivity (Wildman–Crippen MR) is 135 cm³/mol. The number of ether oxygens (including phenoxy) is 1. The van der Waals surface area contributed by atoms with Crippen LogP contribution >= 0.6 is 22.9 Å². The number of methoxy groups -OCH3 is 1. The van der Waals surface area contributed by atoms with Gasteiger partial charge in [0.25, 0.3) is 11.1 Å². The van der Waals surface area contributed by atoms with Gasteiger partial charge in [-0.05, 0) is 31.0 Å². The third-order valence-electron chi connectivity index (χ3n) is 7.03. The van der Waals surface area contributed by atoms with Crippen molar-refractivity contribution in [3.63, 3.8) is 0 Å². The van der Waals surface area contributed by atoms with Crippen molar-refractivity contribution < 1.29 is 22.7 Å². The molecule has 5 heterocycles. The summed E-state index contributed by atoms with van der Waals surface area (Å²) >= 11 is 6.73. The molecule has 1 amide bonds. The summed E-state index contributed by atoms with van der Waals surface area (Å²) in [5.41, 5.74) is 1.46. The molecule has 2 fully saturated rings. The minimum atomic E-state index is -4.74. The molecule has 2 aliphatic heterocycles. The second kappa shape index (κ2) is 9.51. The van der Waals surface area contributed by atoms with Gasteiger partial charge in [-0.2, -0.15) is 18.2 Å². The van der Waals surface area contributed by atoms with E-state index in [0.29, 0.717) is 41.8 Å². The number of thiazole rings is 1. The highest BCUT2D eigenvalue weighted by Crippen LogP contribution is 2.40. The summed E-state index contributed by atoms with van der Waals surface area (Å²) < 4.78 is 47.7. The van der Waals surface area contributed by atoms with Crippen molar-refractivity contribution in [2.45, 2.75) is 37.6 Å². The molecule has 13 heteroatoms. The molecular weight excluding hydrogens is 541 g/mol. The summed E-state index contributed by atoms with van der Waals surface area (Å²) in [4.78, 5) is 29.5. The number of fused-ring (bicyclic) bond motifs is 3. The van der Waals surface area contributed by atoms with E-state index in [9.17, 15) is 18.0 Å². The van der Waals surface area contributed by atoms with Crippen molar-refractivity contribution >= 4 is 34.6 Å². The second-order valence-corrected chi connectivity index (χ2v) is 10.8. The average Bonchev–Trinajstić information content (AvgIpc) is 3.57. The monoisotopic (exact) mass is 562 g/mol. The lowest BCUT2D eigenvalue weighted by Crippen LogP contribution is -2.55. The van der Waals surface area contributed by atoms with Crippen LogP contribution in [0.25, 0.3) is 17.0 Å². The number of hydrogen-bond acceptors (Lipinski definition) is 7. The Balaban J connectivity index is 1.28. The Morgan fingerprint density at radius 3 is 2.53 bits per heavy atom. The zero-order chi connectivity index (χ0) is 26.6. The maximum atomic E-state index is 13.6. The number of piperazine rings is 1. The molecule has 6 rings (SSSR count). The number of halogens is 4. The van der Waals surface area contributed by atoms with E-state index in [1.165, 1.54) is 7.11 Å². The number of rotatable bonds is 5. The van der Waals surface area contributed by atoms with Gasteiger partial charge in [-0.1, -0.05) is 35.1 Å². The maximum absolute atomic E-state index is 13.6.